The number of guanidine groups is 1. The van der Waals surface area contributed by atoms with Crippen molar-refractivity contribution in [3.8, 4) is 17.2 Å². The molecule has 3 aromatic rings. The highest BCUT2D eigenvalue weighted by Gasteiger charge is 2.32. The van der Waals surface area contributed by atoms with Crippen LogP contribution in [0.1, 0.15) is 49.8 Å². The Balaban J connectivity index is 1.41. The van der Waals surface area contributed by atoms with Crippen molar-refractivity contribution in [2.45, 2.75) is 74.8 Å². The number of benzene rings is 3. The van der Waals surface area contributed by atoms with Gasteiger partial charge in [-0.1, -0.05) is 0 Å². The molecule has 1 atom stereocenters. The van der Waals surface area contributed by atoms with E-state index in [9.17, 15) is 34.8 Å². The van der Waals surface area contributed by atoms with Gasteiger partial charge in [0.15, 0.2) is 17.4 Å². The summed E-state index contributed by atoms with van der Waals surface area (Å²) in [5.74, 6) is -5.14. The number of fused-ring (bicyclic) bond motifs is 1. The van der Waals surface area contributed by atoms with E-state index in [1.807, 2.05) is 13.8 Å². The SMILES string of the molecule is COC(=O)[C@@H](CCCN=C(N)NS(=O)(=O)c1cc2c(c(C)c1C)OC(C)(C)CC2)NS(=O)(=O)c1cc(F)c(Oc2ccc(F)cc2)c(F)c1. The summed E-state index contributed by atoms with van der Waals surface area (Å²) in [4.78, 5) is 15.6. The van der Waals surface area contributed by atoms with Crippen LogP contribution in [0.2, 0.25) is 0 Å². The number of hydrogen-bond acceptors (Lipinski definition) is 9. The van der Waals surface area contributed by atoms with Gasteiger partial charge in [-0.05, 0) is 113 Å². The van der Waals surface area contributed by atoms with Crippen LogP contribution in [0.4, 0.5) is 13.2 Å². The van der Waals surface area contributed by atoms with E-state index >= 15 is 0 Å². The minimum absolute atomic E-state index is 0.0159. The molecule has 0 saturated carbocycles. The van der Waals surface area contributed by atoms with E-state index in [1.165, 1.54) is 0 Å². The molecule has 0 aliphatic carbocycles. The second-order valence-electron chi connectivity index (χ2n) is 12.0. The minimum atomic E-state index is -4.68. The molecule has 0 aromatic heterocycles. The topological polar surface area (TPSA) is 175 Å². The van der Waals surface area contributed by atoms with Crippen LogP contribution >= 0.6 is 0 Å². The maximum atomic E-state index is 14.8. The third kappa shape index (κ3) is 9.01. The number of hydrogen-bond donors (Lipinski definition) is 3. The third-order valence-corrected chi connectivity index (χ3v) is 10.7. The van der Waals surface area contributed by atoms with Gasteiger partial charge in [0.05, 0.1) is 16.9 Å². The van der Waals surface area contributed by atoms with Crippen molar-refractivity contribution in [1.82, 2.24) is 9.44 Å². The number of nitrogens with zero attached hydrogens (tertiary/aromatic N) is 1. The van der Waals surface area contributed by atoms with Crippen LogP contribution in [0.3, 0.4) is 0 Å². The molecule has 0 amide bonds. The summed E-state index contributed by atoms with van der Waals surface area (Å²) in [6.07, 6.45) is 1.14. The van der Waals surface area contributed by atoms with E-state index in [1.54, 1.807) is 19.9 Å². The molecule has 1 heterocycles. The molecule has 266 valence electrons. The third-order valence-electron chi connectivity index (χ3n) is 7.80. The Bertz CT molecular complexity index is 1960. The average molecular weight is 727 g/mol. The molecule has 3 aromatic carbocycles. The first-order valence-electron chi connectivity index (χ1n) is 15.0. The van der Waals surface area contributed by atoms with Crippen molar-refractivity contribution >= 4 is 32.0 Å². The second kappa shape index (κ2) is 14.6. The summed E-state index contributed by atoms with van der Waals surface area (Å²) < 4.78 is 115. The van der Waals surface area contributed by atoms with Gasteiger partial charge < -0.3 is 19.9 Å². The Hall–Kier alpha value is -4.35. The maximum absolute atomic E-state index is 14.8. The van der Waals surface area contributed by atoms with Gasteiger partial charge in [0, 0.05) is 6.54 Å². The Morgan fingerprint density at radius 3 is 2.27 bits per heavy atom. The lowest BCUT2D eigenvalue weighted by molar-refractivity contribution is -0.142. The molecule has 0 unspecified atom stereocenters. The average Bonchev–Trinajstić information content (AvgIpc) is 3.02. The first-order chi connectivity index (χ1) is 22.8. The first-order valence-corrected chi connectivity index (χ1v) is 18.0. The monoisotopic (exact) mass is 726 g/mol. The maximum Gasteiger partial charge on any atom is 0.323 e. The predicted octanol–water partition coefficient (Wildman–Crippen LogP) is 4.51. The highest BCUT2D eigenvalue weighted by molar-refractivity contribution is 7.90. The molecule has 0 bridgehead atoms. The van der Waals surface area contributed by atoms with Crippen LogP contribution in [0.15, 0.2) is 57.2 Å². The van der Waals surface area contributed by atoms with Crippen LogP contribution in [0, 0.1) is 31.3 Å². The standard InChI is InChI=1S/C32H37F3N4O8S2/c1-18-19(2)28-20(12-13-32(3,4)47-28)15-27(18)49(43,44)39-31(36)37-14-6-7-26(30(40)45-5)38-48(41,42)23-16-24(34)29(25(35)17-23)46-22-10-8-21(33)9-11-22/h8-11,15-17,26,38H,6-7,12-14H2,1-5H3,(H3,36,37,39)/t26-/m1/s1. The second-order valence-corrected chi connectivity index (χ2v) is 15.3. The van der Waals surface area contributed by atoms with Crippen molar-refractivity contribution in [3.05, 3.63) is 76.6 Å². The fraction of sp³-hybridized carbons (Fsp3) is 0.375. The normalized spacial score (nSPS) is 15.1. The Morgan fingerprint density at radius 1 is 1.02 bits per heavy atom. The first kappa shape index (κ1) is 37.5. The Morgan fingerprint density at radius 2 is 1.65 bits per heavy atom. The fourth-order valence-corrected chi connectivity index (χ4v) is 7.60. The number of halogens is 3. The predicted molar refractivity (Wildman–Crippen MR) is 174 cm³/mol. The van der Waals surface area contributed by atoms with Crippen molar-refractivity contribution in [2.24, 2.45) is 10.7 Å². The molecule has 4 rings (SSSR count). The van der Waals surface area contributed by atoms with Gasteiger partial charge in [-0.3, -0.25) is 9.79 Å². The number of aryl methyl sites for hydroxylation is 1. The van der Waals surface area contributed by atoms with Crippen LogP contribution in [-0.2, 0) is 36.0 Å². The molecule has 1 aliphatic rings. The zero-order chi connectivity index (χ0) is 36.3. The summed E-state index contributed by atoms with van der Waals surface area (Å²) in [7, 11) is -7.80. The summed E-state index contributed by atoms with van der Waals surface area (Å²) >= 11 is 0. The molecule has 17 heteroatoms. The molecule has 0 fully saturated rings. The van der Waals surface area contributed by atoms with Gasteiger partial charge in [-0.2, -0.15) is 4.72 Å². The number of carbonyl (C=O) groups excluding carboxylic acids is 1. The molecule has 0 radical (unpaired) electrons. The van der Waals surface area contributed by atoms with Gasteiger partial charge in [-0.25, -0.2) is 34.7 Å². The molecule has 0 saturated heterocycles. The smallest absolute Gasteiger partial charge is 0.323 e. The van der Waals surface area contributed by atoms with E-state index in [0.29, 0.717) is 41.9 Å². The summed E-state index contributed by atoms with van der Waals surface area (Å²) in [6.45, 7) is 7.24. The number of ether oxygens (including phenoxy) is 3. The van der Waals surface area contributed by atoms with Crippen LogP contribution in [-0.4, -0.2) is 54.1 Å². The summed E-state index contributed by atoms with van der Waals surface area (Å²) in [5.41, 5.74) is 7.43. The van der Waals surface area contributed by atoms with Crippen LogP contribution in [0.25, 0.3) is 0 Å². The summed E-state index contributed by atoms with van der Waals surface area (Å²) in [5, 5.41) is 0. The number of nitrogens with one attached hydrogen (secondary N) is 2. The number of aliphatic imine (C=N–C) groups is 1. The lowest BCUT2D eigenvalue weighted by Crippen LogP contribution is -2.41. The van der Waals surface area contributed by atoms with E-state index < -0.39 is 66.1 Å². The van der Waals surface area contributed by atoms with E-state index in [4.69, 9.17) is 15.2 Å². The van der Waals surface area contributed by atoms with Crippen LogP contribution < -0.4 is 24.7 Å². The van der Waals surface area contributed by atoms with Gasteiger partial charge >= 0.3 is 5.97 Å². The van der Waals surface area contributed by atoms with Crippen molar-refractivity contribution in [2.75, 3.05) is 13.7 Å². The number of esters is 1. The Kier molecular flexibility index (Phi) is 11.2. The van der Waals surface area contributed by atoms with Gasteiger partial charge in [-0.15, -0.1) is 0 Å². The van der Waals surface area contributed by atoms with E-state index in [0.717, 1.165) is 36.9 Å². The molecule has 49 heavy (non-hydrogen) atoms. The number of methoxy groups -OCH3 is 1. The summed E-state index contributed by atoms with van der Waals surface area (Å²) in [6, 6.07) is 5.31. The molecular weight excluding hydrogens is 690 g/mol. The van der Waals surface area contributed by atoms with E-state index in [2.05, 4.69) is 19.2 Å². The lowest BCUT2D eigenvalue weighted by Gasteiger charge is -2.34. The highest BCUT2D eigenvalue weighted by Crippen LogP contribution is 2.39. The fourth-order valence-electron chi connectivity index (χ4n) is 5.05. The minimum Gasteiger partial charge on any atom is -0.487 e. The zero-order valence-electron chi connectivity index (χ0n) is 27.4. The molecular formula is C32H37F3N4O8S2. The number of sulfonamides is 2. The number of nitrogens with two attached hydrogens (primary N) is 1. The van der Waals surface area contributed by atoms with Crippen molar-refractivity contribution in [3.63, 3.8) is 0 Å². The largest absolute Gasteiger partial charge is 0.487 e. The van der Waals surface area contributed by atoms with Gasteiger partial charge in [0.2, 0.25) is 16.0 Å². The number of rotatable bonds is 12. The van der Waals surface area contributed by atoms with Gasteiger partial charge in [0.1, 0.15) is 29.0 Å². The van der Waals surface area contributed by atoms with Crippen LogP contribution in [0.5, 0.6) is 17.2 Å². The number of carbonyl (C=O) groups is 1. The molecule has 1 aliphatic heterocycles. The van der Waals surface area contributed by atoms with Crippen molar-refractivity contribution < 1.29 is 49.0 Å². The molecule has 12 nitrogen and oxygen atoms in total. The zero-order valence-corrected chi connectivity index (χ0v) is 29.0. The molecule has 4 N–H and O–H groups in total. The molecule has 0 spiro atoms. The lowest BCUT2D eigenvalue weighted by atomic mass is 9.91. The highest BCUT2D eigenvalue weighted by atomic mass is 32.2. The van der Waals surface area contributed by atoms with Gasteiger partial charge in [0.25, 0.3) is 10.0 Å². The van der Waals surface area contributed by atoms with E-state index in [-0.39, 0.29) is 35.6 Å². The van der Waals surface area contributed by atoms with Crippen molar-refractivity contribution in [1.29, 1.82) is 0 Å². The Labute approximate surface area is 283 Å². The quantitative estimate of drug-likeness (QED) is 0.105.